The number of aliphatic hydroxyl groups excluding tert-OH is 1. The number of hydrogen-bond donors (Lipinski definition) is 6. The first-order chi connectivity index (χ1) is 25.5. The standard InChI is InChI=1S/C41H46N6O6/c1-47(2)21-19-30(20-22-47)53-41(52)44-34-23-27(11-13-31(34)29-8-4-3-5-9-29)7-6-10-38(50)45-37-17-12-28(25-43-37)24-42-26-36(49)32-14-16-35(48)40-33(32)15-18-39(51)46-40/h3-5,8-9,11-18,23,25,30,36,42,49H,6-7,10,19-22,24,26H2,1-2H3,(H3-,43,44,45,46,48,50,51,52)/p+1/t36-/m1/s1. The lowest BCUT2D eigenvalue weighted by molar-refractivity contribution is -0.896. The SMILES string of the molecule is C[N+]1(C)CCC(OC(=O)Nc2cc(CCCC(=O)Nc3ccc(CNC[C@@H](O)c4ccc(O)c5[nH]c(=O)ccc45)cn3)ccc2-c2ccccc2)CC1. The molecular weight excluding hydrogens is 672 g/mol. The van der Waals surface area contributed by atoms with E-state index in [1.54, 1.807) is 24.4 Å². The predicted molar refractivity (Wildman–Crippen MR) is 206 cm³/mol. The number of nitrogens with one attached hydrogen (secondary N) is 4. The number of likely N-dealkylation sites (tertiary alicyclic amines) is 1. The topological polar surface area (TPSA) is 166 Å². The number of benzene rings is 3. The number of fused-ring (bicyclic) bond motifs is 1. The molecule has 3 heterocycles. The van der Waals surface area contributed by atoms with E-state index in [0.717, 1.165) is 52.7 Å². The van der Waals surface area contributed by atoms with Gasteiger partial charge < -0.3 is 35.1 Å². The van der Waals surface area contributed by atoms with Gasteiger partial charge in [-0.15, -0.1) is 0 Å². The molecule has 12 nitrogen and oxygen atoms in total. The molecule has 3 aromatic carbocycles. The van der Waals surface area contributed by atoms with E-state index in [4.69, 9.17) is 4.74 Å². The van der Waals surface area contributed by atoms with Gasteiger partial charge in [0.1, 0.15) is 17.7 Å². The fraction of sp³-hybridized carbons (Fsp3) is 0.317. The lowest BCUT2D eigenvalue weighted by atomic mass is 9.99. The molecule has 5 aromatic rings. The number of amides is 2. The summed E-state index contributed by atoms with van der Waals surface area (Å²) in [5.74, 6) is 0.237. The number of aryl methyl sites for hydroxylation is 1. The van der Waals surface area contributed by atoms with Crippen molar-refractivity contribution in [1.82, 2.24) is 15.3 Å². The van der Waals surface area contributed by atoms with Crippen molar-refractivity contribution in [1.29, 1.82) is 0 Å². The molecule has 0 saturated carbocycles. The number of piperidine rings is 1. The average molecular weight is 720 g/mol. The van der Waals surface area contributed by atoms with E-state index in [2.05, 4.69) is 40.0 Å². The summed E-state index contributed by atoms with van der Waals surface area (Å²) in [4.78, 5) is 44.4. The Hall–Kier alpha value is -5.56. The lowest BCUT2D eigenvalue weighted by Gasteiger charge is -2.36. The number of carbonyl (C=O) groups excluding carboxylic acids is 2. The zero-order valence-corrected chi connectivity index (χ0v) is 30.1. The van der Waals surface area contributed by atoms with Gasteiger partial charge in [0, 0.05) is 55.6 Å². The maximum Gasteiger partial charge on any atom is 0.411 e. The van der Waals surface area contributed by atoms with Crippen LogP contribution >= 0.6 is 0 Å². The van der Waals surface area contributed by atoms with Crippen LogP contribution in [-0.2, 0) is 22.5 Å². The second kappa shape index (κ2) is 16.8. The van der Waals surface area contributed by atoms with Crippen LogP contribution in [0.1, 0.15) is 48.5 Å². The number of aliphatic hydroxyl groups is 1. The minimum absolute atomic E-state index is 0.0611. The van der Waals surface area contributed by atoms with Crippen LogP contribution < -0.4 is 21.5 Å². The van der Waals surface area contributed by atoms with E-state index in [-0.39, 0.29) is 35.4 Å². The number of rotatable bonds is 13. The van der Waals surface area contributed by atoms with Gasteiger partial charge in [0.15, 0.2) is 0 Å². The Morgan fingerprint density at radius 3 is 2.49 bits per heavy atom. The molecule has 1 aliphatic rings. The summed E-state index contributed by atoms with van der Waals surface area (Å²) in [7, 11) is 4.38. The number of pyridine rings is 2. The number of nitrogens with zero attached hydrogens (tertiary/aromatic N) is 2. The average Bonchev–Trinajstić information content (AvgIpc) is 3.14. The van der Waals surface area contributed by atoms with Crippen LogP contribution in [0.4, 0.5) is 16.3 Å². The second-order valence-corrected chi connectivity index (χ2v) is 14.2. The molecule has 0 unspecified atom stereocenters. The van der Waals surface area contributed by atoms with Crippen molar-refractivity contribution in [3.8, 4) is 16.9 Å². The second-order valence-electron chi connectivity index (χ2n) is 14.2. The van der Waals surface area contributed by atoms with Gasteiger partial charge in [0.2, 0.25) is 11.5 Å². The van der Waals surface area contributed by atoms with E-state index in [9.17, 15) is 24.6 Å². The highest BCUT2D eigenvalue weighted by atomic mass is 16.6. The molecule has 6 rings (SSSR count). The third kappa shape index (κ3) is 10.1. The van der Waals surface area contributed by atoms with Crippen LogP contribution in [-0.4, -0.2) is 76.5 Å². The maximum absolute atomic E-state index is 13.0. The smallest absolute Gasteiger partial charge is 0.411 e. The summed E-state index contributed by atoms with van der Waals surface area (Å²) in [6.45, 7) is 2.60. The van der Waals surface area contributed by atoms with Crippen molar-refractivity contribution in [2.24, 2.45) is 0 Å². The molecule has 0 aliphatic carbocycles. The fourth-order valence-electron chi connectivity index (χ4n) is 6.65. The molecule has 53 heavy (non-hydrogen) atoms. The molecule has 0 spiro atoms. The number of aromatic amines is 1. The van der Waals surface area contributed by atoms with Gasteiger partial charge in [0.25, 0.3) is 0 Å². The number of anilines is 2. The highest BCUT2D eigenvalue weighted by molar-refractivity contribution is 5.92. The van der Waals surface area contributed by atoms with Gasteiger partial charge in [-0.2, -0.15) is 0 Å². The molecule has 1 saturated heterocycles. The van der Waals surface area contributed by atoms with Crippen LogP contribution in [0.2, 0.25) is 0 Å². The van der Waals surface area contributed by atoms with Crippen LogP contribution in [0.5, 0.6) is 5.75 Å². The van der Waals surface area contributed by atoms with Crippen molar-refractivity contribution in [2.75, 3.05) is 44.4 Å². The molecule has 2 aromatic heterocycles. The molecule has 12 heteroatoms. The summed E-state index contributed by atoms with van der Waals surface area (Å²) < 4.78 is 6.75. The van der Waals surface area contributed by atoms with Crippen molar-refractivity contribution >= 4 is 34.4 Å². The number of hydrogen-bond acceptors (Lipinski definition) is 8. The zero-order valence-electron chi connectivity index (χ0n) is 30.1. The van der Waals surface area contributed by atoms with Crippen LogP contribution in [0, 0.1) is 0 Å². The molecule has 0 radical (unpaired) electrons. The molecular formula is C41H47N6O6+. The highest BCUT2D eigenvalue weighted by Gasteiger charge is 2.28. The molecule has 1 aliphatic heterocycles. The Morgan fingerprint density at radius 1 is 0.962 bits per heavy atom. The molecule has 1 atom stereocenters. The number of aromatic nitrogens is 2. The van der Waals surface area contributed by atoms with E-state index in [1.807, 2.05) is 54.6 Å². The molecule has 2 amide bonds. The molecule has 0 bridgehead atoms. The summed E-state index contributed by atoms with van der Waals surface area (Å²) in [5.41, 5.74) is 4.95. The summed E-state index contributed by atoms with van der Waals surface area (Å²) in [6.07, 6.45) is 3.45. The number of carbonyl (C=O) groups is 2. The van der Waals surface area contributed by atoms with Gasteiger partial charge in [0.05, 0.1) is 44.5 Å². The van der Waals surface area contributed by atoms with Crippen LogP contribution in [0.25, 0.3) is 22.0 Å². The van der Waals surface area contributed by atoms with E-state index in [1.165, 1.54) is 12.1 Å². The fourth-order valence-corrected chi connectivity index (χ4v) is 6.65. The van der Waals surface area contributed by atoms with E-state index >= 15 is 0 Å². The monoisotopic (exact) mass is 719 g/mol. The molecule has 1 fully saturated rings. The van der Waals surface area contributed by atoms with E-state index < -0.39 is 12.2 Å². The Bertz CT molecular complexity index is 2090. The van der Waals surface area contributed by atoms with Crippen molar-refractivity contribution in [3.63, 3.8) is 0 Å². The first-order valence-electron chi connectivity index (χ1n) is 18.0. The first kappa shape index (κ1) is 37.2. The lowest BCUT2D eigenvalue weighted by Crippen LogP contribution is -2.48. The predicted octanol–water partition coefficient (Wildman–Crippen LogP) is 5.87. The minimum Gasteiger partial charge on any atom is -0.506 e. The largest absolute Gasteiger partial charge is 0.506 e. The van der Waals surface area contributed by atoms with Crippen molar-refractivity contribution < 1.29 is 29.0 Å². The van der Waals surface area contributed by atoms with Gasteiger partial charge in [-0.1, -0.05) is 54.6 Å². The summed E-state index contributed by atoms with van der Waals surface area (Å²) in [5, 5.41) is 30.5. The number of ether oxygens (including phenoxy) is 1. The normalized spacial score (nSPS) is 14.8. The first-order valence-corrected chi connectivity index (χ1v) is 18.0. The molecule has 276 valence electrons. The Kier molecular flexibility index (Phi) is 11.8. The molecule has 6 N–H and O–H groups in total. The van der Waals surface area contributed by atoms with Crippen LogP contribution in [0.15, 0.2) is 95.9 Å². The number of quaternary nitrogens is 1. The Labute approximate surface area is 308 Å². The number of H-pyrrole nitrogens is 1. The number of aromatic hydroxyl groups is 1. The van der Waals surface area contributed by atoms with Crippen molar-refractivity contribution in [3.05, 3.63) is 118 Å². The Balaban J connectivity index is 0.976. The maximum atomic E-state index is 13.0. The van der Waals surface area contributed by atoms with Crippen LogP contribution in [0.3, 0.4) is 0 Å². The quantitative estimate of drug-likeness (QED) is 0.0823. The Morgan fingerprint density at radius 2 is 1.74 bits per heavy atom. The third-order valence-corrected chi connectivity index (χ3v) is 9.69. The summed E-state index contributed by atoms with van der Waals surface area (Å²) in [6, 6.07) is 25.5. The number of phenolic OH excluding ortho intramolecular Hbond substituents is 1. The highest BCUT2D eigenvalue weighted by Crippen LogP contribution is 2.31. The third-order valence-electron chi connectivity index (χ3n) is 9.69. The number of phenols is 1. The van der Waals surface area contributed by atoms with Gasteiger partial charge in [-0.3, -0.25) is 14.9 Å². The van der Waals surface area contributed by atoms with Crippen molar-refractivity contribution in [2.45, 2.75) is 50.9 Å². The minimum atomic E-state index is -0.879. The van der Waals surface area contributed by atoms with E-state index in [0.29, 0.717) is 48.3 Å². The summed E-state index contributed by atoms with van der Waals surface area (Å²) >= 11 is 0. The van der Waals surface area contributed by atoms with Gasteiger partial charge in [-0.05, 0) is 59.4 Å². The van der Waals surface area contributed by atoms with Gasteiger partial charge >= 0.3 is 6.09 Å². The van der Waals surface area contributed by atoms with Gasteiger partial charge in [-0.25, -0.2) is 9.78 Å². The zero-order chi connectivity index (χ0) is 37.4.